The van der Waals surface area contributed by atoms with Crippen molar-refractivity contribution in [2.24, 2.45) is 12.0 Å². The second-order valence-electron chi connectivity index (χ2n) is 5.62. The van der Waals surface area contributed by atoms with Crippen LogP contribution in [-0.2, 0) is 24.8 Å². The summed E-state index contributed by atoms with van der Waals surface area (Å²) in [4.78, 5) is 8.69. The van der Waals surface area contributed by atoms with Gasteiger partial charge in [-0.25, -0.2) is 9.98 Å². The SMILES string of the molecule is CCNC(=NCc1ncnn1C)NCCCOCCc1ccccc1. The highest BCUT2D eigenvalue weighted by Crippen LogP contribution is 1.99. The Balaban J connectivity index is 1.60. The fourth-order valence-corrected chi connectivity index (χ4v) is 2.27. The number of aliphatic imine (C=N–C) groups is 1. The average molecular weight is 344 g/mol. The quantitative estimate of drug-likeness (QED) is 0.388. The molecule has 0 bridgehead atoms. The van der Waals surface area contributed by atoms with Gasteiger partial charge in [0.2, 0.25) is 0 Å². The van der Waals surface area contributed by atoms with Crippen molar-refractivity contribution in [3.8, 4) is 0 Å². The molecule has 1 aromatic heterocycles. The molecule has 2 aromatic rings. The van der Waals surface area contributed by atoms with Crippen molar-refractivity contribution >= 4 is 5.96 Å². The third-order valence-corrected chi connectivity index (χ3v) is 3.66. The molecular weight excluding hydrogens is 316 g/mol. The summed E-state index contributed by atoms with van der Waals surface area (Å²) in [6.07, 6.45) is 3.43. The third-order valence-electron chi connectivity index (χ3n) is 3.66. The lowest BCUT2D eigenvalue weighted by Gasteiger charge is -2.11. The molecule has 0 aliphatic rings. The summed E-state index contributed by atoms with van der Waals surface area (Å²) in [6, 6.07) is 10.4. The van der Waals surface area contributed by atoms with Crippen LogP contribution < -0.4 is 10.6 Å². The summed E-state index contributed by atoms with van der Waals surface area (Å²) in [5.41, 5.74) is 1.31. The molecule has 2 rings (SSSR count). The number of hydrogen-bond donors (Lipinski definition) is 2. The first-order chi connectivity index (χ1) is 12.3. The number of benzene rings is 1. The van der Waals surface area contributed by atoms with Gasteiger partial charge in [-0.1, -0.05) is 30.3 Å². The molecule has 25 heavy (non-hydrogen) atoms. The van der Waals surface area contributed by atoms with E-state index < -0.39 is 0 Å². The van der Waals surface area contributed by atoms with Gasteiger partial charge in [-0.05, 0) is 25.3 Å². The smallest absolute Gasteiger partial charge is 0.191 e. The lowest BCUT2D eigenvalue weighted by Crippen LogP contribution is -2.38. The minimum atomic E-state index is 0.499. The second-order valence-corrected chi connectivity index (χ2v) is 5.62. The molecular formula is C18H28N6O. The molecule has 2 N–H and O–H groups in total. The Morgan fingerprint density at radius 2 is 2.04 bits per heavy atom. The first kappa shape index (κ1) is 18.9. The first-order valence-corrected chi connectivity index (χ1v) is 8.76. The Morgan fingerprint density at radius 3 is 2.76 bits per heavy atom. The van der Waals surface area contributed by atoms with E-state index in [1.165, 1.54) is 11.9 Å². The van der Waals surface area contributed by atoms with Crippen molar-refractivity contribution < 1.29 is 4.74 Å². The van der Waals surface area contributed by atoms with E-state index in [-0.39, 0.29) is 0 Å². The largest absolute Gasteiger partial charge is 0.381 e. The van der Waals surface area contributed by atoms with E-state index in [9.17, 15) is 0 Å². The topological polar surface area (TPSA) is 76.4 Å². The number of ether oxygens (including phenoxy) is 1. The van der Waals surface area contributed by atoms with E-state index in [4.69, 9.17) is 4.74 Å². The number of aromatic nitrogens is 3. The minimum Gasteiger partial charge on any atom is -0.381 e. The molecule has 0 amide bonds. The van der Waals surface area contributed by atoms with Crippen LogP contribution in [0, 0.1) is 0 Å². The second kappa shape index (κ2) is 11.2. The van der Waals surface area contributed by atoms with Crippen molar-refractivity contribution in [2.75, 3.05) is 26.3 Å². The van der Waals surface area contributed by atoms with E-state index in [0.29, 0.717) is 6.54 Å². The van der Waals surface area contributed by atoms with Gasteiger partial charge in [-0.2, -0.15) is 5.10 Å². The van der Waals surface area contributed by atoms with E-state index >= 15 is 0 Å². The van der Waals surface area contributed by atoms with Gasteiger partial charge in [0.1, 0.15) is 18.7 Å². The van der Waals surface area contributed by atoms with Crippen LogP contribution in [0.4, 0.5) is 0 Å². The van der Waals surface area contributed by atoms with Crippen LogP contribution in [0.15, 0.2) is 41.7 Å². The zero-order valence-corrected chi connectivity index (χ0v) is 15.1. The molecule has 0 radical (unpaired) electrons. The Hall–Kier alpha value is -2.41. The van der Waals surface area contributed by atoms with Crippen molar-refractivity contribution in [1.82, 2.24) is 25.4 Å². The van der Waals surface area contributed by atoms with E-state index in [1.807, 2.05) is 20.0 Å². The molecule has 0 unspecified atom stereocenters. The summed E-state index contributed by atoms with van der Waals surface area (Å²) in [5.74, 6) is 1.62. The molecule has 0 aliphatic carbocycles. The normalized spacial score (nSPS) is 11.5. The molecule has 1 heterocycles. The third kappa shape index (κ3) is 7.34. The zero-order valence-electron chi connectivity index (χ0n) is 15.1. The van der Waals surface area contributed by atoms with Crippen molar-refractivity contribution in [3.63, 3.8) is 0 Å². The fraction of sp³-hybridized carbons (Fsp3) is 0.500. The number of nitrogens with zero attached hydrogens (tertiary/aromatic N) is 4. The van der Waals surface area contributed by atoms with Crippen LogP contribution in [0.25, 0.3) is 0 Å². The molecule has 0 aliphatic heterocycles. The van der Waals surface area contributed by atoms with Gasteiger partial charge in [-0.3, -0.25) is 4.68 Å². The van der Waals surface area contributed by atoms with Gasteiger partial charge in [0.25, 0.3) is 0 Å². The lowest BCUT2D eigenvalue weighted by molar-refractivity contribution is 0.135. The van der Waals surface area contributed by atoms with Crippen LogP contribution in [0.3, 0.4) is 0 Å². The molecule has 0 fully saturated rings. The van der Waals surface area contributed by atoms with Crippen LogP contribution >= 0.6 is 0 Å². The highest BCUT2D eigenvalue weighted by atomic mass is 16.5. The van der Waals surface area contributed by atoms with Gasteiger partial charge in [0.05, 0.1) is 6.61 Å². The highest BCUT2D eigenvalue weighted by Gasteiger charge is 2.01. The van der Waals surface area contributed by atoms with Crippen LogP contribution in [0.1, 0.15) is 24.7 Å². The number of rotatable bonds is 10. The van der Waals surface area contributed by atoms with Crippen LogP contribution in [-0.4, -0.2) is 47.0 Å². The zero-order chi connectivity index (χ0) is 17.7. The predicted molar refractivity (Wildman–Crippen MR) is 99.4 cm³/mol. The minimum absolute atomic E-state index is 0.499. The van der Waals surface area contributed by atoms with Gasteiger partial charge in [-0.15, -0.1) is 0 Å². The molecule has 0 atom stereocenters. The van der Waals surface area contributed by atoms with Crippen LogP contribution in [0.2, 0.25) is 0 Å². The average Bonchev–Trinajstić information content (AvgIpc) is 3.04. The monoisotopic (exact) mass is 344 g/mol. The summed E-state index contributed by atoms with van der Waals surface area (Å²) in [7, 11) is 1.87. The van der Waals surface area contributed by atoms with Gasteiger partial charge in [0.15, 0.2) is 5.96 Å². The maximum atomic E-state index is 5.69. The molecule has 0 saturated carbocycles. The Morgan fingerprint density at radius 1 is 1.20 bits per heavy atom. The van der Waals surface area contributed by atoms with E-state index in [0.717, 1.165) is 50.9 Å². The maximum absolute atomic E-state index is 5.69. The van der Waals surface area contributed by atoms with Crippen molar-refractivity contribution in [3.05, 3.63) is 48.0 Å². The Kier molecular flexibility index (Phi) is 8.48. The molecule has 136 valence electrons. The highest BCUT2D eigenvalue weighted by molar-refractivity contribution is 5.79. The standard InChI is InChI=1S/C18H28N6O/c1-3-19-18(21-14-17-22-15-23-24(17)2)20-11-7-12-25-13-10-16-8-5-4-6-9-16/h4-6,8-9,15H,3,7,10-14H2,1-2H3,(H2,19,20,21). The number of nitrogens with one attached hydrogen (secondary N) is 2. The predicted octanol–water partition coefficient (Wildman–Crippen LogP) is 1.52. The van der Waals surface area contributed by atoms with Crippen molar-refractivity contribution in [2.45, 2.75) is 26.3 Å². The van der Waals surface area contributed by atoms with Gasteiger partial charge >= 0.3 is 0 Å². The van der Waals surface area contributed by atoms with E-state index in [1.54, 1.807) is 4.68 Å². The van der Waals surface area contributed by atoms with Crippen LogP contribution in [0.5, 0.6) is 0 Å². The molecule has 7 heteroatoms. The summed E-state index contributed by atoms with van der Waals surface area (Å²) < 4.78 is 7.42. The lowest BCUT2D eigenvalue weighted by atomic mass is 10.2. The van der Waals surface area contributed by atoms with Gasteiger partial charge in [0, 0.05) is 26.7 Å². The Labute approximate surface area is 149 Å². The summed E-state index contributed by atoms with van der Waals surface area (Å²) in [5, 5.41) is 10.6. The number of guanidine groups is 1. The molecule has 7 nitrogen and oxygen atoms in total. The molecule has 1 aromatic carbocycles. The van der Waals surface area contributed by atoms with Gasteiger partial charge < -0.3 is 15.4 Å². The first-order valence-electron chi connectivity index (χ1n) is 8.76. The molecule has 0 saturated heterocycles. The Bertz CT molecular complexity index is 626. The summed E-state index contributed by atoms with van der Waals surface area (Å²) >= 11 is 0. The number of aryl methyl sites for hydroxylation is 1. The number of hydrogen-bond acceptors (Lipinski definition) is 4. The molecule has 0 spiro atoms. The fourth-order valence-electron chi connectivity index (χ4n) is 2.27. The maximum Gasteiger partial charge on any atom is 0.191 e. The summed E-state index contributed by atoms with van der Waals surface area (Å²) in [6.45, 7) is 5.67. The van der Waals surface area contributed by atoms with Crippen molar-refractivity contribution in [1.29, 1.82) is 0 Å². The van der Waals surface area contributed by atoms with E-state index in [2.05, 4.69) is 50.0 Å².